The molecular weight excluding hydrogens is 442 g/mol. The van der Waals surface area contributed by atoms with E-state index in [9.17, 15) is 26.8 Å². The summed E-state index contributed by atoms with van der Waals surface area (Å²) in [7, 11) is -0.901. The first-order chi connectivity index (χ1) is 15.1. The second-order valence-corrected chi connectivity index (χ2v) is 9.65. The van der Waals surface area contributed by atoms with Crippen molar-refractivity contribution < 1.29 is 31.5 Å². The maximum Gasteiger partial charge on any atom is 0.310 e. The Balaban J connectivity index is 1.68. The molecule has 1 fully saturated rings. The molecule has 172 valence electrons. The van der Waals surface area contributed by atoms with Gasteiger partial charge >= 0.3 is 5.97 Å². The predicted octanol–water partition coefficient (Wildman–Crippen LogP) is 2.74. The molecule has 1 aliphatic heterocycles. The van der Waals surface area contributed by atoms with Crippen molar-refractivity contribution in [3.8, 4) is 0 Å². The Labute approximate surface area is 185 Å². The number of piperidine rings is 1. The highest BCUT2D eigenvalue weighted by atomic mass is 32.2. The normalized spacial score (nSPS) is 16.4. The summed E-state index contributed by atoms with van der Waals surface area (Å²) in [5.74, 6) is -3.94. The molecule has 1 atom stereocenters. The average molecular weight is 467 g/mol. The van der Waals surface area contributed by atoms with E-state index in [1.54, 1.807) is 44.4 Å². The molecule has 0 spiro atoms. The van der Waals surface area contributed by atoms with Crippen molar-refractivity contribution in [2.75, 3.05) is 27.2 Å². The molecule has 1 aliphatic rings. The van der Waals surface area contributed by atoms with Crippen molar-refractivity contribution in [2.45, 2.75) is 23.8 Å². The molecule has 2 aromatic carbocycles. The van der Waals surface area contributed by atoms with Gasteiger partial charge in [-0.05, 0) is 31.0 Å². The molecule has 0 aliphatic carbocycles. The summed E-state index contributed by atoms with van der Waals surface area (Å²) in [4.78, 5) is 26.3. The fourth-order valence-electron chi connectivity index (χ4n) is 3.45. The van der Waals surface area contributed by atoms with Crippen molar-refractivity contribution in [1.29, 1.82) is 0 Å². The second kappa shape index (κ2) is 9.74. The van der Waals surface area contributed by atoms with Crippen LogP contribution in [0.25, 0.3) is 0 Å². The lowest BCUT2D eigenvalue weighted by Gasteiger charge is -2.31. The number of esters is 1. The van der Waals surface area contributed by atoms with E-state index in [1.807, 2.05) is 0 Å². The fourth-order valence-corrected chi connectivity index (χ4v) is 4.94. The van der Waals surface area contributed by atoms with Crippen LogP contribution in [0.2, 0.25) is 0 Å². The highest BCUT2D eigenvalue weighted by Gasteiger charge is 2.35. The molecule has 0 radical (unpaired) electrons. The Bertz CT molecular complexity index is 1080. The van der Waals surface area contributed by atoms with Crippen LogP contribution in [0.3, 0.4) is 0 Å². The van der Waals surface area contributed by atoms with Crippen LogP contribution in [0, 0.1) is 17.6 Å². The van der Waals surface area contributed by atoms with Crippen LogP contribution in [0.1, 0.15) is 24.5 Å². The third-order valence-corrected chi connectivity index (χ3v) is 7.21. The summed E-state index contributed by atoms with van der Waals surface area (Å²) in [6, 6.07) is 11.0. The maximum absolute atomic E-state index is 13.5. The number of hydrogen-bond acceptors (Lipinski definition) is 5. The SMILES string of the molecule is CN(C)C(=O)C(OC(=O)C1CCN(S(=O)(=O)c2ccc(F)c(F)c2)CC1)c1ccccc1. The van der Waals surface area contributed by atoms with Gasteiger partial charge in [0.25, 0.3) is 5.91 Å². The molecule has 0 aromatic heterocycles. The van der Waals surface area contributed by atoms with Crippen molar-refractivity contribution in [3.63, 3.8) is 0 Å². The summed E-state index contributed by atoms with van der Waals surface area (Å²) < 4.78 is 58.7. The number of carbonyl (C=O) groups excluding carboxylic acids is 2. The lowest BCUT2D eigenvalue weighted by atomic mass is 9.98. The van der Waals surface area contributed by atoms with Crippen LogP contribution < -0.4 is 0 Å². The van der Waals surface area contributed by atoms with Gasteiger partial charge in [-0.1, -0.05) is 30.3 Å². The molecule has 7 nitrogen and oxygen atoms in total. The molecule has 32 heavy (non-hydrogen) atoms. The van der Waals surface area contributed by atoms with Crippen LogP contribution in [0.15, 0.2) is 53.4 Å². The zero-order valence-corrected chi connectivity index (χ0v) is 18.5. The standard InChI is InChI=1S/C22H24F2N2O5S/c1-25(2)21(27)20(15-6-4-3-5-7-15)31-22(28)16-10-12-26(13-11-16)32(29,30)17-8-9-18(23)19(24)14-17/h3-9,14,16,20H,10-13H2,1-2H3. The van der Waals surface area contributed by atoms with Gasteiger partial charge < -0.3 is 9.64 Å². The summed E-state index contributed by atoms with van der Waals surface area (Å²) >= 11 is 0. The highest BCUT2D eigenvalue weighted by Crippen LogP contribution is 2.28. The van der Waals surface area contributed by atoms with Gasteiger partial charge in [0.1, 0.15) is 0 Å². The van der Waals surface area contributed by atoms with Gasteiger partial charge in [-0.3, -0.25) is 9.59 Å². The Morgan fingerprint density at radius 2 is 1.66 bits per heavy atom. The molecule has 0 bridgehead atoms. The van der Waals surface area contributed by atoms with Crippen LogP contribution in [0.4, 0.5) is 8.78 Å². The number of rotatable bonds is 6. The molecule has 1 unspecified atom stereocenters. The van der Waals surface area contributed by atoms with Crippen LogP contribution in [-0.4, -0.2) is 56.7 Å². The van der Waals surface area contributed by atoms with Crippen molar-refractivity contribution >= 4 is 21.9 Å². The van der Waals surface area contributed by atoms with Crippen molar-refractivity contribution in [1.82, 2.24) is 9.21 Å². The molecule has 0 saturated carbocycles. The molecular formula is C22H24F2N2O5S. The van der Waals surface area contributed by atoms with Gasteiger partial charge in [0.15, 0.2) is 11.6 Å². The monoisotopic (exact) mass is 466 g/mol. The van der Waals surface area contributed by atoms with E-state index < -0.39 is 39.6 Å². The number of amides is 1. The number of hydrogen-bond donors (Lipinski definition) is 0. The van der Waals surface area contributed by atoms with Gasteiger partial charge in [0, 0.05) is 32.7 Å². The fraction of sp³-hybridized carbons (Fsp3) is 0.364. The Morgan fingerprint density at radius 3 is 2.22 bits per heavy atom. The lowest BCUT2D eigenvalue weighted by Crippen LogP contribution is -2.41. The average Bonchev–Trinajstić information content (AvgIpc) is 2.79. The molecule has 10 heteroatoms. The van der Waals surface area contributed by atoms with Crippen molar-refractivity contribution in [3.05, 3.63) is 65.7 Å². The zero-order valence-electron chi connectivity index (χ0n) is 17.7. The summed E-state index contributed by atoms with van der Waals surface area (Å²) in [6.45, 7) is 0.0253. The Hall–Kier alpha value is -2.85. The van der Waals surface area contributed by atoms with E-state index in [4.69, 9.17) is 4.74 Å². The molecule has 1 amide bonds. The molecule has 1 heterocycles. The topological polar surface area (TPSA) is 84.0 Å². The van der Waals surface area contributed by atoms with E-state index in [-0.39, 0.29) is 36.7 Å². The quantitative estimate of drug-likeness (QED) is 0.612. The van der Waals surface area contributed by atoms with E-state index in [0.29, 0.717) is 11.6 Å². The first kappa shape index (κ1) is 23.8. The number of ether oxygens (including phenoxy) is 1. The third kappa shape index (κ3) is 5.13. The number of likely N-dealkylation sites (N-methyl/N-ethyl adjacent to an activating group) is 1. The van der Waals surface area contributed by atoms with Gasteiger partial charge in [-0.15, -0.1) is 0 Å². The minimum Gasteiger partial charge on any atom is -0.447 e. The summed E-state index contributed by atoms with van der Waals surface area (Å²) in [5, 5.41) is 0. The van der Waals surface area contributed by atoms with Crippen LogP contribution in [0.5, 0.6) is 0 Å². The van der Waals surface area contributed by atoms with E-state index in [0.717, 1.165) is 16.4 Å². The van der Waals surface area contributed by atoms with Gasteiger partial charge in [-0.25, -0.2) is 17.2 Å². The van der Waals surface area contributed by atoms with Gasteiger partial charge in [0.05, 0.1) is 10.8 Å². The zero-order chi connectivity index (χ0) is 23.5. The molecule has 1 saturated heterocycles. The minimum atomic E-state index is -4.03. The Morgan fingerprint density at radius 1 is 1.03 bits per heavy atom. The Kier molecular flexibility index (Phi) is 7.25. The van der Waals surface area contributed by atoms with E-state index >= 15 is 0 Å². The highest BCUT2D eigenvalue weighted by molar-refractivity contribution is 7.89. The number of benzene rings is 2. The smallest absolute Gasteiger partial charge is 0.310 e. The van der Waals surface area contributed by atoms with Crippen LogP contribution in [-0.2, 0) is 24.3 Å². The number of nitrogens with zero attached hydrogens (tertiary/aromatic N) is 2. The molecule has 0 N–H and O–H groups in total. The maximum atomic E-state index is 13.5. The van der Waals surface area contributed by atoms with E-state index in [1.165, 1.54) is 4.90 Å². The first-order valence-electron chi connectivity index (χ1n) is 10.0. The first-order valence-corrected chi connectivity index (χ1v) is 11.5. The largest absolute Gasteiger partial charge is 0.447 e. The summed E-state index contributed by atoms with van der Waals surface area (Å²) in [5.41, 5.74) is 0.540. The summed E-state index contributed by atoms with van der Waals surface area (Å²) in [6.07, 6.45) is -0.735. The molecule has 2 aromatic rings. The minimum absolute atomic E-state index is 0.0126. The number of carbonyl (C=O) groups is 2. The van der Waals surface area contributed by atoms with E-state index in [2.05, 4.69) is 0 Å². The third-order valence-electron chi connectivity index (χ3n) is 5.32. The molecule has 3 rings (SSSR count). The van der Waals surface area contributed by atoms with Crippen molar-refractivity contribution in [2.24, 2.45) is 5.92 Å². The lowest BCUT2D eigenvalue weighted by molar-refractivity contribution is -0.164. The van der Waals surface area contributed by atoms with Crippen LogP contribution >= 0.6 is 0 Å². The number of halogens is 2. The number of sulfonamides is 1. The van der Waals surface area contributed by atoms with Gasteiger partial charge in [0.2, 0.25) is 16.1 Å². The van der Waals surface area contributed by atoms with Gasteiger partial charge in [-0.2, -0.15) is 4.31 Å². The second-order valence-electron chi connectivity index (χ2n) is 7.71. The predicted molar refractivity (Wildman–Crippen MR) is 112 cm³/mol.